The van der Waals surface area contributed by atoms with Gasteiger partial charge in [0.15, 0.2) is 5.78 Å². The molecule has 0 saturated carbocycles. The second-order valence-electron chi connectivity index (χ2n) is 2.90. The van der Waals surface area contributed by atoms with E-state index in [-0.39, 0.29) is 11.7 Å². The molecule has 0 aromatic rings. The summed E-state index contributed by atoms with van der Waals surface area (Å²) in [7, 11) is 0. The van der Waals surface area contributed by atoms with Crippen LogP contribution in [-0.2, 0) is 4.79 Å². The minimum absolute atomic E-state index is 0.140. The van der Waals surface area contributed by atoms with E-state index in [1.165, 1.54) is 5.57 Å². The van der Waals surface area contributed by atoms with Gasteiger partial charge < -0.3 is 0 Å². The zero-order valence-electron chi connectivity index (χ0n) is 7.27. The van der Waals surface area contributed by atoms with Crippen molar-refractivity contribution in [2.24, 2.45) is 5.92 Å². The highest BCUT2D eigenvalue weighted by molar-refractivity contribution is 5.91. The monoisotopic (exact) mass is 140 g/mol. The molecule has 1 nitrogen and oxygen atoms in total. The van der Waals surface area contributed by atoms with Gasteiger partial charge in [-0.25, -0.2) is 0 Å². The van der Waals surface area contributed by atoms with Crippen molar-refractivity contribution >= 4 is 5.78 Å². The van der Waals surface area contributed by atoms with Gasteiger partial charge in [-0.1, -0.05) is 26.3 Å². The number of carbonyl (C=O) groups excluding carboxylic acids is 1. The molecule has 0 atom stereocenters. The molecule has 58 valence electrons. The Morgan fingerprint density at radius 1 is 1.50 bits per heavy atom. The smallest absolute Gasteiger partial charge is 0.158 e. The van der Waals surface area contributed by atoms with Crippen molar-refractivity contribution in [1.29, 1.82) is 0 Å². The van der Waals surface area contributed by atoms with Crippen LogP contribution in [-0.4, -0.2) is 5.78 Å². The Balaban J connectivity index is 4.00. The molecule has 0 rings (SSSR count). The fourth-order valence-electron chi connectivity index (χ4n) is 0.512. The molecule has 0 unspecified atom stereocenters. The van der Waals surface area contributed by atoms with Crippen LogP contribution in [0.15, 0.2) is 11.6 Å². The van der Waals surface area contributed by atoms with Crippen LogP contribution in [0.1, 0.15) is 34.1 Å². The number of hydrogen-bond donors (Lipinski definition) is 0. The lowest BCUT2D eigenvalue weighted by atomic mass is 10.1. The highest BCUT2D eigenvalue weighted by Crippen LogP contribution is 2.02. The fourth-order valence-corrected chi connectivity index (χ4v) is 0.512. The molecule has 10 heavy (non-hydrogen) atoms. The number of rotatable bonds is 3. The summed E-state index contributed by atoms with van der Waals surface area (Å²) in [6, 6.07) is 0. The minimum atomic E-state index is 0.140. The summed E-state index contributed by atoms with van der Waals surface area (Å²) in [4.78, 5) is 11.0. The molecule has 0 aliphatic rings. The third-order valence-electron chi connectivity index (χ3n) is 1.52. The van der Waals surface area contributed by atoms with Crippen LogP contribution < -0.4 is 0 Å². The highest BCUT2D eigenvalue weighted by atomic mass is 16.1. The lowest BCUT2D eigenvalue weighted by molar-refractivity contribution is -0.117. The Morgan fingerprint density at radius 3 is 2.30 bits per heavy atom. The highest BCUT2D eigenvalue weighted by Gasteiger charge is 2.02. The number of ketones is 1. The summed E-state index contributed by atoms with van der Waals surface area (Å²) in [5, 5.41) is 0. The average Bonchev–Trinajstić information content (AvgIpc) is 1.87. The van der Waals surface area contributed by atoms with Gasteiger partial charge in [-0.05, 0) is 19.4 Å². The Morgan fingerprint density at radius 2 is 2.00 bits per heavy atom. The molecular formula is C9H16O. The molecule has 0 aromatic heterocycles. The number of allylic oxidation sites excluding steroid dienone is 2. The molecule has 0 aliphatic carbocycles. The fraction of sp³-hybridized carbons (Fsp3) is 0.667. The molecule has 1 heteroatoms. The molecule has 0 radical (unpaired) electrons. The molecule has 0 saturated heterocycles. The maximum Gasteiger partial charge on any atom is 0.158 e. The summed E-state index contributed by atoms with van der Waals surface area (Å²) >= 11 is 0. The van der Waals surface area contributed by atoms with Crippen molar-refractivity contribution < 1.29 is 4.79 Å². The van der Waals surface area contributed by atoms with Crippen molar-refractivity contribution in [2.45, 2.75) is 34.1 Å². The van der Waals surface area contributed by atoms with Crippen LogP contribution in [0, 0.1) is 5.92 Å². The zero-order chi connectivity index (χ0) is 8.15. The van der Waals surface area contributed by atoms with E-state index in [9.17, 15) is 4.79 Å². The lowest BCUT2D eigenvalue weighted by Gasteiger charge is -1.98. The molecular weight excluding hydrogens is 124 g/mol. The van der Waals surface area contributed by atoms with Gasteiger partial charge in [0.05, 0.1) is 0 Å². The number of hydrogen-bond acceptors (Lipinski definition) is 1. The Bertz CT molecular complexity index is 143. The molecule has 0 N–H and O–H groups in total. The summed E-state index contributed by atoms with van der Waals surface area (Å²) in [5.41, 5.74) is 1.17. The normalized spacial score (nSPS) is 12.3. The first-order valence-electron chi connectivity index (χ1n) is 3.79. The van der Waals surface area contributed by atoms with E-state index >= 15 is 0 Å². The second kappa shape index (κ2) is 4.26. The molecule has 0 bridgehead atoms. The van der Waals surface area contributed by atoms with Gasteiger partial charge in [0.2, 0.25) is 0 Å². The predicted molar refractivity (Wildman–Crippen MR) is 43.9 cm³/mol. The van der Waals surface area contributed by atoms with E-state index in [0.717, 1.165) is 6.42 Å². The Hall–Kier alpha value is -0.590. The van der Waals surface area contributed by atoms with Gasteiger partial charge in [-0.3, -0.25) is 4.79 Å². The standard InChI is InChI=1S/C9H16O/c1-5-8(4)6-9(10)7(2)3/h6-7H,5H2,1-4H3/b8-6+. The van der Waals surface area contributed by atoms with Crippen LogP contribution in [0.5, 0.6) is 0 Å². The van der Waals surface area contributed by atoms with Gasteiger partial charge in [-0.2, -0.15) is 0 Å². The molecule has 0 aliphatic heterocycles. The van der Waals surface area contributed by atoms with E-state index in [1.54, 1.807) is 6.08 Å². The van der Waals surface area contributed by atoms with E-state index in [0.29, 0.717) is 0 Å². The molecule has 0 heterocycles. The van der Waals surface area contributed by atoms with E-state index in [4.69, 9.17) is 0 Å². The van der Waals surface area contributed by atoms with Crippen molar-refractivity contribution in [3.05, 3.63) is 11.6 Å². The van der Waals surface area contributed by atoms with Gasteiger partial charge >= 0.3 is 0 Å². The van der Waals surface area contributed by atoms with Gasteiger partial charge in [-0.15, -0.1) is 0 Å². The Kier molecular flexibility index (Phi) is 4.01. The summed E-state index contributed by atoms with van der Waals surface area (Å²) in [6.07, 6.45) is 2.71. The first-order chi connectivity index (χ1) is 4.57. The van der Waals surface area contributed by atoms with Crippen LogP contribution in [0.3, 0.4) is 0 Å². The average molecular weight is 140 g/mol. The first-order valence-corrected chi connectivity index (χ1v) is 3.79. The minimum Gasteiger partial charge on any atom is -0.295 e. The third-order valence-corrected chi connectivity index (χ3v) is 1.52. The SMILES string of the molecule is CC/C(C)=C/C(=O)C(C)C. The maximum atomic E-state index is 11.0. The molecule has 0 spiro atoms. The van der Waals surface area contributed by atoms with Gasteiger partial charge in [0.1, 0.15) is 0 Å². The topological polar surface area (TPSA) is 17.1 Å². The van der Waals surface area contributed by atoms with Crippen LogP contribution >= 0.6 is 0 Å². The number of carbonyl (C=O) groups is 1. The summed E-state index contributed by atoms with van der Waals surface area (Å²) in [5.74, 6) is 0.376. The Labute approximate surface area is 63.1 Å². The second-order valence-corrected chi connectivity index (χ2v) is 2.90. The van der Waals surface area contributed by atoms with Crippen LogP contribution in [0.4, 0.5) is 0 Å². The quantitative estimate of drug-likeness (QED) is 0.551. The third kappa shape index (κ3) is 3.44. The summed E-state index contributed by atoms with van der Waals surface area (Å²) < 4.78 is 0. The van der Waals surface area contributed by atoms with E-state index in [2.05, 4.69) is 6.92 Å². The van der Waals surface area contributed by atoms with Crippen LogP contribution in [0.2, 0.25) is 0 Å². The van der Waals surface area contributed by atoms with E-state index < -0.39 is 0 Å². The summed E-state index contributed by atoms with van der Waals surface area (Å²) in [6.45, 7) is 7.88. The molecule has 0 fully saturated rings. The van der Waals surface area contributed by atoms with Crippen molar-refractivity contribution in [2.75, 3.05) is 0 Å². The van der Waals surface area contributed by atoms with Crippen molar-refractivity contribution in [3.8, 4) is 0 Å². The van der Waals surface area contributed by atoms with Crippen LogP contribution in [0.25, 0.3) is 0 Å². The van der Waals surface area contributed by atoms with Gasteiger partial charge in [0, 0.05) is 5.92 Å². The largest absolute Gasteiger partial charge is 0.295 e. The predicted octanol–water partition coefficient (Wildman–Crippen LogP) is 2.57. The van der Waals surface area contributed by atoms with Crippen molar-refractivity contribution in [3.63, 3.8) is 0 Å². The van der Waals surface area contributed by atoms with Gasteiger partial charge in [0.25, 0.3) is 0 Å². The lowest BCUT2D eigenvalue weighted by Crippen LogP contribution is -2.02. The molecule has 0 amide bonds. The van der Waals surface area contributed by atoms with Crippen molar-refractivity contribution in [1.82, 2.24) is 0 Å². The zero-order valence-corrected chi connectivity index (χ0v) is 7.27. The molecule has 0 aromatic carbocycles. The van der Waals surface area contributed by atoms with E-state index in [1.807, 2.05) is 20.8 Å². The maximum absolute atomic E-state index is 11.0. The first kappa shape index (κ1) is 9.41.